The predicted octanol–water partition coefficient (Wildman–Crippen LogP) is 1.38. The van der Waals surface area contributed by atoms with Crippen molar-refractivity contribution in [2.24, 2.45) is 0 Å². The molecule has 0 aliphatic carbocycles. The lowest BCUT2D eigenvalue weighted by atomic mass is 10.1. The van der Waals surface area contributed by atoms with Crippen LogP contribution in [0.4, 0.5) is 0 Å². The van der Waals surface area contributed by atoms with Gasteiger partial charge in [-0.25, -0.2) is 8.42 Å². The Labute approximate surface area is 186 Å². The van der Waals surface area contributed by atoms with Crippen LogP contribution in [0.1, 0.15) is 32.1 Å². The monoisotopic (exact) mass is 452 g/mol. The van der Waals surface area contributed by atoms with Gasteiger partial charge in [0.05, 0.1) is 12.0 Å². The normalized spacial score (nSPS) is 18.3. The summed E-state index contributed by atoms with van der Waals surface area (Å²) in [5.41, 5.74) is 0. The summed E-state index contributed by atoms with van der Waals surface area (Å²) < 4.78 is 33.3. The fourth-order valence-corrected chi connectivity index (χ4v) is 5.67. The lowest BCUT2D eigenvalue weighted by molar-refractivity contribution is -0.131. The van der Waals surface area contributed by atoms with Gasteiger partial charge in [0.1, 0.15) is 5.75 Å². The van der Waals surface area contributed by atoms with E-state index in [4.69, 9.17) is 4.74 Å². The highest BCUT2D eigenvalue weighted by Crippen LogP contribution is 2.20. The fraction of sp³-hybridized carbons (Fsp3) is 0.682. The molecule has 0 saturated carbocycles. The minimum Gasteiger partial charge on any atom is -0.497 e. The van der Waals surface area contributed by atoms with Gasteiger partial charge in [-0.2, -0.15) is 4.31 Å². The van der Waals surface area contributed by atoms with Crippen LogP contribution in [0.3, 0.4) is 0 Å². The predicted molar refractivity (Wildman–Crippen MR) is 121 cm³/mol. The van der Waals surface area contributed by atoms with Crippen molar-refractivity contribution in [2.45, 2.75) is 37.0 Å². The Bertz CT molecular complexity index is 788. The number of ether oxygens (including phenoxy) is 1. The van der Waals surface area contributed by atoms with Crippen LogP contribution >= 0.6 is 0 Å². The van der Waals surface area contributed by atoms with Crippen LogP contribution < -0.4 is 10.1 Å². The number of rotatable bonds is 10. The second-order valence-corrected chi connectivity index (χ2v) is 10.2. The van der Waals surface area contributed by atoms with Gasteiger partial charge in [-0.15, -0.1) is 0 Å². The minimum atomic E-state index is -3.68. The van der Waals surface area contributed by atoms with E-state index in [0.717, 1.165) is 39.1 Å². The van der Waals surface area contributed by atoms with E-state index in [0.29, 0.717) is 25.4 Å². The highest BCUT2D eigenvalue weighted by molar-refractivity contribution is 7.89. The number of hydrogen-bond donors (Lipinski definition) is 1. The number of nitrogens with zero attached hydrogens (tertiary/aromatic N) is 3. The van der Waals surface area contributed by atoms with Crippen molar-refractivity contribution in [3.63, 3.8) is 0 Å². The third-order valence-corrected chi connectivity index (χ3v) is 7.99. The number of nitrogens with one attached hydrogen (secondary N) is 1. The second-order valence-electron chi connectivity index (χ2n) is 8.22. The zero-order valence-electron chi connectivity index (χ0n) is 18.6. The number of carbonyl (C=O) groups is 1. The lowest BCUT2D eigenvalue weighted by Crippen LogP contribution is -2.47. The molecular formula is C22H36N4O4S. The molecule has 1 amide bonds. The van der Waals surface area contributed by atoms with Gasteiger partial charge in [0.15, 0.2) is 0 Å². The van der Waals surface area contributed by atoms with Gasteiger partial charge in [0, 0.05) is 45.7 Å². The first kappa shape index (κ1) is 24.0. The molecular weight excluding hydrogens is 416 g/mol. The number of likely N-dealkylation sites (tertiary alicyclic amines) is 1. The summed E-state index contributed by atoms with van der Waals surface area (Å²) in [7, 11) is -2.13. The van der Waals surface area contributed by atoms with Crippen LogP contribution in [-0.4, -0.2) is 94.4 Å². The standard InChI is InChI=1S/C22H36N4O4S/c1-30-20-6-8-21(9-7-20)31(28,29)26(16-5-15-24-13-3-2-4-14-24)17-10-22(27)25-18-11-23-12-19-25/h6-9,23H,2-5,10-19H2,1H3. The van der Waals surface area contributed by atoms with E-state index in [-0.39, 0.29) is 23.8 Å². The molecule has 2 fully saturated rings. The second kappa shape index (κ2) is 11.8. The maximum Gasteiger partial charge on any atom is 0.243 e. The molecule has 9 heteroatoms. The van der Waals surface area contributed by atoms with E-state index in [9.17, 15) is 13.2 Å². The van der Waals surface area contributed by atoms with Gasteiger partial charge < -0.3 is 19.9 Å². The van der Waals surface area contributed by atoms with Gasteiger partial charge in [-0.3, -0.25) is 4.79 Å². The molecule has 8 nitrogen and oxygen atoms in total. The molecule has 1 N–H and O–H groups in total. The average molecular weight is 453 g/mol. The first-order valence-corrected chi connectivity index (χ1v) is 12.8. The summed E-state index contributed by atoms with van der Waals surface area (Å²) in [6, 6.07) is 6.46. The number of piperidine rings is 1. The Kier molecular flexibility index (Phi) is 9.13. The average Bonchev–Trinajstić information content (AvgIpc) is 2.82. The Hall–Kier alpha value is -1.68. The highest BCUT2D eigenvalue weighted by Gasteiger charge is 2.26. The van der Waals surface area contributed by atoms with Crippen molar-refractivity contribution >= 4 is 15.9 Å². The van der Waals surface area contributed by atoms with Crippen molar-refractivity contribution < 1.29 is 17.9 Å². The van der Waals surface area contributed by atoms with Crippen LogP contribution in [0.2, 0.25) is 0 Å². The Morgan fingerprint density at radius 1 is 1.03 bits per heavy atom. The van der Waals surface area contributed by atoms with Crippen molar-refractivity contribution in [2.75, 3.05) is 66.0 Å². The molecule has 0 bridgehead atoms. The first-order chi connectivity index (χ1) is 15.0. The summed E-state index contributed by atoms with van der Waals surface area (Å²) in [6.45, 7) is 6.62. The summed E-state index contributed by atoms with van der Waals surface area (Å²) in [4.78, 5) is 17.1. The molecule has 2 aliphatic heterocycles. The molecule has 1 aromatic carbocycles. The van der Waals surface area contributed by atoms with E-state index < -0.39 is 10.0 Å². The smallest absolute Gasteiger partial charge is 0.243 e. The van der Waals surface area contributed by atoms with Gasteiger partial charge in [0.25, 0.3) is 0 Å². The SMILES string of the molecule is COc1ccc(S(=O)(=O)N(CCCN2CCCCC2)CCC(=O)N2CCNCC2)cc1. The maximum absolute atomic E-state index is 13.3. The van der Waals surface area contributed by atoms with Gasteiger partial charge >= 0.3 is 0 Å². The third kappa shape index (κ3) is 6.90. The van der Waals surface area contributed by atoms with E-state index >= 15 is 0 Å². The van der Waals surface area contributed by atoms with Crippen molar-refractivity contribution in [3.05, 3.63) is 24.3 Å². The fourth-order valence-electron chi connectivity index (χ4n) is 4.20. The zero-order chi connectivity index (χ0) is 22.1. The Morgan fingerprint density at radius 2 is 1.71 bits per heavy atom. The van der Waals surface area contributed by atoms with E-state index in [1.54, 1.807) is 31.4 Å². The number of benzene rings is 1. The molecule has 0 spiro atoms. The van der Waals surface area contributed by atoms with Gasteiger partial charge in [-0.1, -0.05) is 6.42 Å². The molecule has 2 heterocycles. The molecule has 0 unspecified atom stereocenters. The number of hydrogen-bond acceptors (Lipinski definition) is 6. The highest BCUT2D eigenvalue weighted by atomic mass is 32.2. The lowest BCUT2D eigenvalue weighted by Gasteiger charge is -2.30. The molecule has 2 saturated heterocycles. The zero-order valence-corrected chi connectivity index (χ0v) is 19.4. The number of methoxy groups -OCH3 is 1. The number of amides is 1. The Morgan fingerprint density at radius 3 is 2.35 bits per heavy atom. The summed E-state index contributed by atoms with van der Waals surface area (Å²) >= 11 is 0. The molecule has 2 aliphatic rings. The molecule has 174 valence electrons. The van der Waals surface area contributed by atoms with Gasteiger partial charge in [0.2, 0.25) is 15.9 Å². The summed E-state index contributed by atoms with van der Waals surface area (Å²) in [6.07, 6.45) is 4.68. The van der Waals surface area contributed by atoms with Crippen molar-refractivity contribution in [3.8, 4) is 5.75 Å². The quantitative estimate of drug-likeness (QED) is 0.578. The first-order valence-electron chi connectivity index (χ1n) is 11.4. The largest absolute Gasteiger partial charge is 0.497 e. The molecule has 31 heavy (non-hydrogen) atoms. The summed E-state index contributed by atoms with van der Waals surface area (Å²) in [5.74, 6) is 0.636. The molecule has 0 radical (unpaired) electrons. The molecule has 0 atom stereocenters. The van der Waals surface area contributed by atoms with Crippen LogP contribution in [0.15, 0.2) is 29.2 Å². The third-order valence-electron chi connectivity index (χ3n) is 6.07. The Balaban J connectivity index is 1.64. The minimum absolute atomic E-state index is 0.0208. The van der Waals surface area contributed by atoms with Crippen molar-refractivity contribution in [1.29, 1.82) is 0 Å². The van der Waals surface area contributed by atoms with Crippen LogP contribution in [0.25, 0.3) is 0 Å². The maximum atomic E-state index is 13.3. The van der Waals surface area contributed by atoms with Gasteiger partial charge in [-0.05, 0) is 63.2 Å². The van der Waals surface area contributed by atoms with Crippen LogP contribution in [0, 0.1) is 0 Å². The number of carbonyl (C=O) groups excluding carboxylic acids is 1. The van der Waals surface area contributed by atoms with Crippen LogP contribution in [0.5, 0.6) is 5.75 Å². The summed E-state index contributed by atoms with van der Waals surface area (Å²) in [5, 5.41) is 3.23. The molecule has 1 aromatic rings. The molecule has 0 aromatic heterocycles. The molecule has 3 rings (SSSR count). The van der Waals surface area contributed by atoms with E-state index in [1.165, 1.54) is 23.6 Å². The number of sulfonamides is 1. The topological polar surface area (TPSA) is 82.2 Å². The van der Waals surface area contributed by atoms with E-state index in [2.05, 4.69) is 10.2 Å². The van der Waals surface area contributed by atoms with Crippen LogP contribution in [-0.2, 0) is 14.8 Å². The van der Waals surface area contributed by atoms with E-state index in [1.807, 2.05) is 4.90 Å². The van der Waals surface area contributed by atoms with Crippen molar-refractivity contribution in [1.82, 2.24) is 19.4 Å². The number of piperazine rings is 1.